The van der Waals surface area contributed by atoms with Crippen LogP contribution in [0.4, 0.5) is 20.3 Å². The number of unbranched alkanes of at least 4 members (excludes halogenated alkanes) is 2. The van der Waals surface area contributed by atoms with E-state index in [1.165, 1.54) is 0 Å². The summed E-state index contributed by atoms with van der Waals surface area (Å²) in [6.07, 6.45) is 7.73. The number of hydrogen-bond donors (Lipinski definition) is 1. The average Bonchev–Trinajstić information content (AvgIpc) is 4.06. The molecule has 0 bridgehead atoms. The van der Waals surface area contributed by atoms with E-state index in [1.807, 2.05) is 21.8 Å². The number of anilines is 2. The zero-order valence-electron chi connectivity index (χ0n) is 35.4. The average molecular weight is 864 g/mol. The molecule has 17 heteroatoms. The highest BCUT2D eigenvalue weighted by molar-refractivity contribution is 6.23. The van der Waals surface area contributed by atoms with Gasteiger partial charge in [0.15, 0.2) is 5.82 Å². The van der Waals surface area contributed by atoms with Crippen LogP contribution in [0.1, 0.15) is 125 Å². The normalized spacial score (nSPS) is 20.4. The number of nitrogens with zero attached hydrogens (tertiary/aromatic N) is 8. The van der Waals surface area contributed by atoms with E-state index in [2.05, 4.69) is 24.9 Å². The Hall–Kier alpha value is -5.81. The fraction of sp³-hybridized carbons (Fsp3) is 0.500. The van der Waals surface area contributed by atoms with Crippen LogP contribution < -0.4 is 10.2 Å². The second-order valence-corrected chi connectivity index (χ2v) is 17.7. The van der Waals surface area contributed by atoms with Crippen LogP contribution in [0.3, 0.4) is 0 Å². The van der Waals surface area contributed by atoms with E-state index < -0.39 is 36.1 Å². The van der Waals surface area contributed by atoms with Crippen molar-refractivity contribution in [3.8, 4) is 11.1 Å². The van der Waals surface area contributed by atoms with E-state index in [9.17, 15) is 24.0 Å². The molecule has 5 amide bonds. The maximum absolute atomic E-state index is 15.0. The Balaban J connectivity index is 0.779. The summed E-state index contributed by atoms with van der Waals surface area (Å²) in [5.41, 5.74) is 7.55. The third-order valence-electron chi connectivity index (χ3n) is 13.8. The molecule has 2 saturated heterocycles. The highest BCUT2D eigenvalue weighted by atomic mass is 19.3. The van der Waals surface area contributed by atoms with Crippen LogP contribution in [0, 0.1) is 0 Å². The van der Waals surface area contributed by atoms with Crippen molar-refractivity contribution in [1.82, 2.24) is 39.6 Å². The van der Waals surface area contributed by atoms with Gasteiger partial charge in [-0.2, -0.15) is 10.2 Å². The van der Waals surface area contributed by atoms with E-state index in [0.29, 0.717) is 81.2 Å². The zero-order valence-corrected chi connectivity index (χ0v) is 35.4. The molecule has 1 unspecified atom stereocenters. The molecule has 2 fully saturated rings. The first kappa shape index (κ1) is 41.2. The van der Waals surface area contributed by atoms with Gasteiger partial charge in [0.2, 0.25) is 17.7 Å². The molecule has 63 heavy (non-hydrogen) atoms. The SMILES string of the molecule is CC(=O)N1CCc2c(c(N3CCCc4cc(-c5cnn(CCCCCN6Cc7cc8c(cc7C6)C(=O)N(C6CCC(=O)NC6=O)C8=O)c5)c(C(F)F)cc43)nn2C2CCOCC2)C1. The highest BCUT2D eigenvalue weighted by Crippen LogP contribution is 2.44. The van der Waals surface area contributed by atoms with Gasteiger partial charge < -0.3 is 14.5 Å². The van der Waals surface area contributed by atoms with Crippen LogP contribution in [0.25, 0.3) is 11.1 Å². The number of fused-ring (bicyclic) bond motifs is 4. The van der Waals surface area contributed by atoms with Gasteiger partial charge in [0, 0.05) is 100.0 Å². The number of carbonyl (C=O) groups excluding carboxylic acids is 5. The summed E-state index contributed by atoms with van der Waals surface area (Å²) in [7, 11) is 0. The number of carbonyl (C=O) groups is 5. The number of amides is 5. The Kier molecular flexibility index (Phi) is 10.9. The Labute approximate surface area is 363 Å². The minimum atomic E-state index is -2.70. The Morgan fingerprint density at radius 2 is 1.59 bits per heavy atom. The summed E-state index contributed by atoms with van der Waals surface area (Å²) in [4.78, 5) is 70.4. The summed E-state index contributed by atoms with van der Waals surface area (Å²) < 4.78 is 39.6. The molecule has 1 N–H and O–H groups in total. The standard InChI is InChI=1S/C46H51F2N9O6/c1-27(58)53-15-9-38-37(26-53)43(51-57(38)32-10-16-63-17-11-32)55-14-5-6-28-18-33(34(42(47)48)21-40(28)55)31-22-49-54(25-31)13-4-2-3-12-52-23-29-19-35-36(20-30(29)24-52)46(62)56(45(35)61)39-7-8-41(59)50-44(39)60/h18-22,25,32,39,42H,2-17,23-24,26H2,1H3,(H,50,59,60). The van der Waals surface area contributed by atoms with E-state index in [-0.39, 0.29) is 30.4 Å². The first-order valence-electron chi connectivity index (χ1n) is 22.3. The first-order valence-corrected chi connectivity index (χ1v) is 22.3. The van der Waals surface area contributed by atoms with E-state index >= 15 is 8.78 Å². The smallest absolute Gasteiger partial charge is 0.264 e. The maximum Gasteiger partial charge on any atom is 0.264 e. The maximum atomic E-state index is 15.0. The van der Waals surface area contributed by atoms with Crippen molar-refractivity contribution < 1.29 is 37.5 Å². The summed E-state index contributed by atoms with van der Waals surface area (Å²) >= 11 is 0. The van der Waals surface area contributed by atoms with Crippen molar-refractivity contribution >= 4 is 41.0 Å². The number of benzene rings is 2. The van der Waals surface area contributed by atoms with Gasteiger partial charge in [-0.25, -0.2) is 8.78 Å². The number of alkyl halides is 2. The van der Waals surface area contributed by atoms with Gasteiger partial charge in [-0.15, -0.1) is 0 Å². The molecule has 330 valence electrons. The summed E-state index contributed by atoms with van der Waals surface area (Å²) in [6, 6.07) is 6.33. The van der Waals surface area contributed by atoms with Crippen molar-refractivity contribution in [2.24, 2.45) is 0 Å². The molecule has 0 spiro atoms. The second-order valence-electron chi connectivity index (χ2n) is 17.7. The van der Waals surface area contributed by atoms with Gasteiger partial charge in [0.1, 0.15) is 6.04 Å². The molecule has 10 rings (SSSR count). The molecule has 0 saturated carbocycles. The monoisotopic (exact) mass is 863 g/mol. The molecular formula is C46H51F2N9O6. The molecule has 15 nitrogen and oxygen atoms in total. The first-order chi connectivity index (χ1) is 30.5. The quantitative estimate of drug-likeness (QED) is 0.149. The lowest BCUT2D eigenvalue weighted by atomic mass is 9.92. The number of rotatable bonds is 11. The number of nitrogens with one attached hydrogen (secondary N) is 1. The Morgan fingerprint density at radius 1 is 0.857 bits per heavy atom. The Morgan fingerprint density at radius 3 is 2.30 bits per heavy atom. The van der Waals surface area contributed by atoms with Gasteiger partial charge >= 0.3 is 0 Å². The van der Waals surface area contributed by atoms with E-state index in [1.54, 1.807) is 31.3 Å². The minimum Gasteiger partial charge on any atom is -0.381 e. The number of imide groups is 2. The van der Waals surface area contributed by atoms with Crippen LogP contribution in [0.5, 0.6) is 0 Å². The third-order valence-corrected chi connectivity index (χ3v) is 13.8. The van der Waals surface area contributed by atoms with Crippen molar-refractivity contribution in [1.29, 1.82) is 0 Å². The van der Waals surface area contributed by atoms with Crippen LogP contribution >= 0.6 is 0 Å². The second kappa shape index (κ2) is 16.7. The van der Waals surface area contributed by atoms with Crippen molar-refractivity contribution in [3.05, 3.63) is 81.3 Å². The number of aromatic nitrogens is 4. The highest BCUT2D eigenvalue weighted by Gasteiger charge is 2.45. The van der Waals surface area contributed by atoms with Crippen LogP contribution in [-0.2, 0) is 58.1 Å². The number of aryl methyl sites for hydroxylation is 2. The van der Waals surface area contributed by atoms with Gasteiger partial charge in [-0.3, -0.25) is 48.5 Å². The van der Waals surface area contributed by atoms with Crippen LogP contribution in [0.2, 0.25) is 0 Å². The van der Waals surface area contributed by atoms with Crippen LogP contribution in [0.15, 0.2) is 36.7 Å². The van der Waals surface area contributed by atoms with E-state index in [0.717, 1.165) is 95.8 Å². The molecule has 1 atom stereocenters. The topological polar surface area (TPSA) is 155 Å². The van der Waals surface area contributed by atoms with Gasteiger partial charge in [-0.05, 0) is 98.0 Å². The number of piperidine rings is 1. The molecule has 6 aliphatic rings. The summed E-state index contributed by atoms with van der Waals surface area (Å²) in [5.74, 6) is -1.25. The minimum absolute atomic E-state index is 0.0107. The molecule has 0 aliphatic carbocycles. The predicted octanol–water partition coefficient (Wildman–Crippen LogP) is 5.61. The van der Waals surface area contributed by atoms with Crippen molar-refractivity contribution in [2.45, 2.75) is 116 Å². The zero-order chi connectivity index (χ0) is 43.5. The number of hydrogen-bond acceptors (Lipinski definition) is 10. The molecule has 4 aromatic rings. The fourth-order valence-electron chi connectivity index (χ4n) is 10.5. The predicted molar refractivity (Wildman–Crippen MR) is 225 cm³/mol. The fourth-order valence-corrected chi connectivity index (χ4v) is 10.5. The summed E-state index contributed by atoms with van der Waals surface area (Å²) in [6.45, 7) is 7.41. The lowest BCUT2D eigenvalue weighted by molar-refractivity contribution is -0.136. The molecule has 6 aliphatic heterocycles. The number of ether oxygens (including phenoxy) is 1. The van der Waals surface area contributed by atoms with E-state index in [4.69, 9.17) is 9.84 Å². The van der Waals surface area contributed by atoms with Crippen molar-refractivity contribution in [3.63, 3.8) is 0 Å². The van der Waals surface area contributed by atoms with Crippen molar-refractivity contribution in [2.75, 3.05) is 37.7 Å². The summed E-state index contributed by atoms with van der Waals surface area (Å²) in [5, 5.41) is 12.0. The number of halogens is 2. The lowest BCUT2D eigenvalue weighted by Gasteiger charge is -2.33. The van der Waals surface area contributed by atoms with Gasteiger partial charge in [0.05, 0.1) is 29.9 Å². The molecule has 2 aromatic carbocycles. The van der Waals surface area contributed by atoms with Gasteiger partial charge in [0.25, 0.3) is 18.2 Å². The molecule has 2 aromatic heterocycles. The van der Waals surface area contributed by atoms with Crippen LogP contribution in [-0.4, -0.2) is 103 Å². The largest absolute Gasteiger partial charge is 0.381 e. The van der Waals surface area contributed by atoms with Gasteiger partial charge in [-0.1, -0.05) is 6.42 Å². The third kappa shape index (κ3) is 7.62. The molecular weight excluding hydrogens is 813 g/mol. The molecule has 8 heterocycles. The lowest BCUT2D eigenvalue weighted by Crippen LogP contribution is -2.54. The Bertz CT molecular complexity index is 2480. The molecule has 0 radical (unpaired) electrons.